The summed E-state index contributed by atoms with van der Waals surface area (Å²) in [6.07, 6.45) is 9.56. The van der Waals surface area contributed by atoms with Crippen molar-refractivity contribution < 1.29 is 14.0 Å². The third kappa shape index (κ3) is 6.30. The highest BCUT2D eigenvalue weighted by atomic mass is 35.5. The van der Waals surface area contributed by atoms with Crippen LogP contribution in [0.5, 0.6) is 0 Å². The molecule has 1 spiro atoms. The van der Waals surface area contributed by atoms with E-state index >= 15 is 0 Å². The molecule has 9 nitrogen and oxygen atoms in total. The van der Waals surface area contributed by atoms with Crippen molar-refractivity contribution >= 4 is 29.1 Å². The summed E-state index contributed by atoms with van der Waals surface area (Å²) in [7, 11) is 0. The van der Waals surface area contributed by atoms with Gasteiger partial charge in [0.1, 0.15) is 17.2 Å². The van der Waals surface area contributed by atoms with E-state index < -0.39 is 17.4 Å². The van der Waals surface area contributed by atoms with E-state index in [4.69, 9.17) is 16.6 Å². The highest BCUT2D eigenvalue weighted by Crippen LogP contribution is 2.51. The van der Waals surface area contributed by atoms with Crippen molar-refractivity contribution in [1.82, 2.24) is 30.8 Å². The average molecular weight is 610 g/mol. The monoisotopic (exact) mass is 609 g/mol. The molecule has 2 aliphatic carbocycles. The van der Waals surface area contributed by atoms with E-state index in [1.807, 2.05) is 23.1 Å². The molecule has 1 saturated carbocycles. The standard InChI is InChI=1S/C32H41ClFN7O2/c1-5-7-26(20-8-10-21(11-9-20)29(42)35-19-27-37-39-40-38-27)41-30(43)28(22-12-13-24(33)25(34)18-22)36-32(41)16-14-23(15-17-32)31(3,4)6-2/h8-13,22-23,26H,5-7,14-19H2,1-4H3,(H,35,42)(H,37,38,39,40). The van der Waals surface area contributed by atoms with Crippen molar-refractivity contribution in [2.45, 2.75) is 97.3 Å². The van der Waals surface area contributed by atoms with Crippen LogP contribution < -0.4 is 5.32 Å². The van der Waals surface area contributed by atoms with Crippen molar-refractivity contribution in [2.75, 3.05) is 0 Å². The summed E-state index contributed by atoms with van der Waals surface area (Å²) >= 11 is 6.01. The molecule has 2 aromatic rings. The SMILES string of the molecule is CCCC(c1ccc(C(=O)NCc2nn[nH]n2)cc1)N1C(=O)C(C2C=CC(Cl)=C(F)C2)=NC12CCC(C(C)(C)CC)CC2. The highest BCUT2D eigenvalue weighted by molar-refractivity contribution is 6.42. The van der Waals surface area contributed by atoms with E-state index in [-0.39, 0.29) is 41.3 Å². The molecule has 1 fully saturated rings. The molecule has 11 heteroatoms. The van der Waals surface area contributed by atoms with Crippen LogP contribution in [0.3, 0.4) is 0 Å². The molecule has 0 saturated heterocycles. The second kappa shape index (κ2) is 12.7. The fraction of sp³-hybridized carbons (Fsp3) is 0.562. The fourth-order valence-corrected chi connectivity index (χ4v) is 6.90. The Balaban J connectivity index is 1.43. The third-order valence-electron chi connectivity index (χ3n) is 9.73. The first-order valence-corrected chi connectivity index (χ1v) is 15.7. The van der Waals surface area contributed by atoms with Gasteiger partial charge in [-0.05, 0) is 67.2 Å². The second-order valence-corrected chi connectivity index (χ2v) is 13.0. The molecule has 0 bridgehead atoms. The van der Waals surface area contributed by atoms with Crippen LogP contribution in [0, 0.1) is 17.3 Å². The Morgan fingerprint density at radius 3 is 2.56 bits per heavy atom. The van der Waals surface area contributed by atoms with Gasteiger partial charge in [-0.1, -0.05) is 75.6 Å². The van der Waals surface area contributed by atoms with E-state index in [1.54, 1.807) is 18.2 Å². The number of halogens is 2. The van der Waals surface area contributed by atoms with E-state index in [1.165, 1.54) is 0 Å². The lowest BCUT2D eigenvalue weighted by molar-refractivity contribution is -0.134. The van der Waals surface area contributed by atoms with Crippen LogP contribution >= 0.6 is 11.6 Å². The Labute approximate surface area is 257 Å². The van der Waals surface area contributed by atoms with E-state index in [9.17, 15) is 14.0 Å². The summed E-state index contributed by atoms with van der Waals surface area (Å²) in [6.45, 7) is 9.16. The molecule has 2 atom stereocenters. The van der Waals surface area contributed by atoms with Gasteiger partial charge >= 0.3 is 0 Å². The Hall–Kier alpha value is -3.40. The molecule has 2 amide bonds. The number of aliphatic imine (C=N–C) groups is 1. The Morgan fingerprint density at radius 1 is 1.23 bits per heavy atom. The fourth-order valence-electron chi connectivity index (χ4n) is 6.75. The van der Waals surface area contributed by atoms with Crippen molar-refractivity contribution in [3.05, 3.63) is 64.2 Å². The zero-order chi connectivity index (χ0) is 30.8. The van der Waals surface area contributed by atoms with E-state index in [0.29, 0.717) is 23.0 Å². The molecule has 0 radical (unpaired) electrons. The first-order chi connectivity index (χ1) is 20.6. The van der Waals surface area contributed by atoms with Crippen molar-refractivity contribution in [2.24, 2.45) is 22.2 Å². The maximum absolute atomic E-state index is 14.6. The zero-order valence-corrected chi connectivity index (χ0v) is 26.1. The molecule has 1 aromatic heterocycles. The number of hydrogen-bond donors (Lipinski definition) is 2. The molecule has 230 valence electrons. The van der Waals surface area contributed by atoms with Gasteiger partial charge in [-0.25, -0.2) is 4.39 Å². The summed E-state index contributed by atoms with van der Waals surface area (Å²) < 4.78 is 14.6. The Morgan fingerprint density at radius 2 is 1.95 bits per heavy atom. The maximum atomic E-state index is 14.6. The number of aromatic amines is 1. The molecule has 1 aliphatic heterocycles. The van der Waals surface area contributed by atoms with Crippen LogP contribution in [0.1, 0.15) is 107 Å². The minimum atomic E-state index is -0.678. The quantitative estimate of drug-likeness (QED) is 0.316. The first kappa shape index (κ1) is 31.0. The maximum Gasteiger partial charge on any atom is 0.270 e. The number of allylic oxidation sites excluding steroid dienone is 4. The van der Waals surface area contributed by atoms with Gasteiger partial charge in [0.2, 0.25) is 0 Å². The van der Waals surface area contributed by atoms with Gasteiger partial charge in [0.25, 0.3) is 11.8 Å². The predicted octanol–water partition coefficient (Wildman–Crippen LogP) is 6.57. The van der Waals surface area contributed by atoms with E-state index in [0.717, 1.165) is 50.5 Å². The number of carbonyl (C=O) groups excluding carboxylic acids is 2. The number of carbonyl (C=O) groups is 2. The number of aromatic nitrogens is 4. The number of H-pyrrole nitrogens is 1. The zero-order valence-electron chi connectivity index (χ0n) is 25.4. The second-order valence-electron chi connectivity index (χ2n) is 12.6. The van der Waals surface area contributed by atoms with Gasteiger partial charge in [0.15, 0.2) is 5.82 Å². The summed E-state index contributed by atoms with van der Waals surface area (Å²) in [4.78, 5) is 34.4. The molecule has 2 unspecified atom stereocenters. The normalized spacial score (nSPS) is 24.9. The summed E-state index contributed by atoms with van der Waals surface area (Å²) in [5, 5.41) is 16.5. The van der Waals surface area contributed by atoms with Crippen LogP contribution in [0.2, 0.25) is 0 Å². The number of benzene rings is 1. The van der Waals surface area contributed by atoms with Crippen LogP contribution in [0.25, 0.3) is 0 Å². The molecule has 3 aliphatic rings. The largest absolute Gasteiger partial charge is 0.345 e. The number of tetrazole rings is 1. The molecule has 43 heavy (non-hydrogen) atoms. The molecule has 2 N–H and O–H groups in total. The lowest BCUT2D eigenvalue weighted by Crippen LogP contribution is -2.51. The van der Waals surface area contributed by atoms with E-state index in [2.05, 4.69) is 53.6 Å². The van der Waals surface area contributed by atoms with Gasteiger partial charge in [-0.3, -0.25) is 14.6 Å². The Kier molecular flexibility index (Phi) is 9.15. The van der Waals surface area contributed by atoms with Crippen molar-refractivity contribution in [3.63, 3.8) is 0 Å². The van der Waals surface area contributed by atoms with Gasteiger partial charge in [-0.15, -0.1) is 10.2 Å². The van der Waals surface area contributed by atoms with Gasteiger partial charge in [0.05, 0.1) is 17.6 Å². The summed E-state index contributed by atoms with van der Waals surface area (Å²) in [5.41, 5.74) is 1.40. The first-order valence-electron chi connectivity index (χ1n) is 15.3. The molecule has 1 aromatic carbocycles. The van der Waals surface area contributed by atoms with Gasteiger partial charge < -0.3 is 10.2 Å². The van der Waals surface area contributed by atoms with Crippen LogP contribution in [0.15, 0.2) is 52.3 Å². The van der Waals surface area contributed by atoms with Crippen LogP contribution in [-0.2, 0) is 11.3 Å². The minimum absolute atomic E-state index is 0.0431. The summed E-state index contributed by atoms with van der Waals surface area (Å²) in [6, 6.07) is 7.19. The van der Waals surface area contributed by atoms with Gasteiger partial charge in [-0.2, -0.15) is 5.21 Å². The number of nitrogens with one attached hydrogen (secondary N) is 2. The Bertz CT molecular complexity index is 1410. The number of rotatable bonds is 10. The molecular formula is C32H41ClFN7O2. The van der Waals surface area contributed by atoms with Gasteiger partial charge in [0, 0.05) is 17.9 Å². The van der Waals surface area contributed by atoms with Crippen LogP contribution in [0.4, 0.5) is 4.39 Å². The average Bonchev–Trinajstić information content (AvgIpc) is 3.63. The van der Waals surface area contributed by atoms with Crippen molar-refractivity contribution in [1.29, 1.82) is 0 Å². The highest BCUT2D eigenvalue weighted by Gasteiger charge is 2.53. The number of hydrogen-bond acceptors (Lipinski definition) is 6. The number of amides is 2. The lowest BCUT2D eigenvalue weighted by atomic mass is 9.67. The lowest BCUT2D eigenvalue weighted by Gasteiger charge is -2.48. The molecule has 2 heterocycles. The van der Waals surface area contributed by atoms with Crippen molar-refractivity contribution in [3.8, 4) is 0 Å². The van der Waals surface area contributed by atoms with Crippen LogP contribution in [-0.4, -0.2) is 48.7 Å². The smallest absolute Gasteiger partial charge is 0.270 e. The summed E-state index contributed by atoms with van der Waals surface area (Å²) in [5.74, 6) is -0.309. The topological polar surface area (TPSA) is 116 Å². The molecule has 5 rings (SSSR count). The number of nitrogens with zero attached hydrogens (tertiary/aromatic N) is 5. The third-order valence-corrected chi connectivity index (χ3v) is 10.1. The minimum Gasteiger partial charge on any atom is -0.345 e. The molecular weight excluding hydrogens is 569 g/mol. The predicted molar refractivity (Wildman–Crippen MR) is 164 cm³/mol.